The van der Waals surface area contributed by atoms with Crippen molar-refractivity contribution in [3.63, 3.8) is 0 Å². The Morgan fingerprint density at radius 3 is 2.24 bits per heavy atom. The first kappa shape index (κ1) is 20.3. The van der Waals surface area contributed by atoms with Crippen LogP contribution in [-0.4, -0.2) is 31.0 Å². The molecule has 0 fully saturated rings. The fourth-order valence-corrected chi connectivity index (χ4v) is 1.87. The standard InChI is InChI=1S/C10H14ClNO3S.C3H8O2/c11-10-7-2-1-5-9(10)6-3-4-8-15-16(12,13)14;1-3(2,4)5/h1-2,5,7H,3-4,6,8H2,(H2,12,13,14);4-5H,1-2H3. The molecule has 1 aromatic carbocycles. The molecule has 0 atom stereocenters. The largest absolute Gasteiger partial charge is 0.366 e. The van der Waals surface area contributed by atoms with Gasteiger partial charge in [0.1, 0.15) is 0 Å². The van der Waals surface area contributed by atoms with Gasteiger partial charge in [-0.05, 0) is 44.7 Å². The van der Waals surface area contributed by atoms with Crippen molar-refractivity contribution in [3.8, 4) is 0 Å². The van der Waals surface area contributed by atoms with E-state index in [1.807, 2.05) is 24.3 Å². The first-order chi connectivity index (χ1) is 9.49. The summed E-state index contributed by atoms with van der Waals surface area (Å²) in [6, 6.07) is 7.57. The van der Waals surface area contributed by atoms with Crippen LogP contribution in [0.1, 0.15) is 32.3 Å². The Morgan fingerprint density at radius 2 is 1.76 bits per heavy atom. The molecule has 1 rings (SSSR count). The summed E-state index contributed by atoms with van der Waals surface area (Å²) in [5.41, 5.74) is 1.06. The normalized spacial score (nSPS) is 11.7. The summed E-state index contributed by atoms with van der Waals surface area (Å²) in [4.78, 5) is 0. The highest BCUT2D eigenvalue weighted by Gasteiger charge is 2.02. The summed E-state index contributed by atoms with van der Waals surface area (Å²) < 4.78 is 25.3. The summed E-state index contributed by atoms with van der Waals surface area (Å²) in [7, 11) is -3.80. The van der Waals surface area contributed by atoms with Crippen molar-refractivity contribution >= 4 is 21.9 Å². The average Bonchev–Trinajstić information content (AvgIpc) is 2.27. The topological polar surface area (TPSA) is 110 Å². The van der Waals surface area contributed by atoms with Gasteiger partial charge in [-0.1, -0.05) is 29.8 Å². The Bertz CT molecular complexity index is 508. The second-order valence-corrected chi connectivity index (χ2v) is 6.49. The Hall–Kier alpha value is -0.700. The van der Waals surface area contributed by atoms with Crippen LogP contribution >= 0.6 is 11.6 Å². The van der Waals surface area contributed by atoms with E-state index in [0.717, 1.165) is 23.4 Å². The van der Waals surface area contributed by atoms with Crippen LogP contribution in [-0.2, 0) is 20.9 Å². The third kappa shape index (κ3) is 15.5. The first-order valence-corrected chi connectivity index (χ1v) is 8.19. The maximum atomic E-state index is 10.5. The van der Waals surface area contributed by atoms with E-state index >= 15 is 0 Å². The summed E-state index contributed by atoms with van der Waals surface area (Å²) in [6.07, 6.45) is 2.23. The van der Waals surface area contributed by atoms with Gasteiger partial charge in [0.2, 0.25) is 0 Å². The number of unbranched alkanes of at least 4 members (excludes halogenated alkanes) is 1. The number of hydrogen-bond acceptors (Lipinski definition) is 5. The van der Waals surface area contributed by atoms with Gasteiger partial charge in [0.15, 0.2) is 5.79 Å². The molecule has 0 aromatic heterocycles. The zero-order valence-corrected chi connectivity index (χ0v) is 13.7. The molecular weight excluding hydrogens is 318 g/mol. The lowest BCUT2D eigenvalue weighted by Gasteiger charge is -2.03. The van der Waals surface area contributed by atoms with E-state index in [0.29, 0.717) is 6.42 Å². The van der Waals surface area contributed by atoms with Gasteiger partial charge in [0.05, 0.1) is 6.61 Å². The molecule has 0 radical (unpaired) electrons. The number of hydrogen-bond donors (Lipinski definition) is 3. The number of aryl methyl sites for hydroxylation is 1. The molecule has 0 amide bonds. The predicted octanol–water partition coefficient (Wildman–Crippen LogP) is 1.59. The number of aliphatic hydroxyl groups is 2. The number of halogens is 1. The highest BCUT2D eigenvalue weighted by Crippen LogP contribution is 2.17. The molecule has 0 saturated heterocycles. The van der Waals surface area contributed by atoms with Gasteiger partial charge in [0, 0.05) is 5.02 Å². The van der Waals surface area contributed by atoms with Gasteiger partial charge in [-0.3, -0.25) is 4.18 Å². The van der Waals surface area contributed by atoms with Crippen LogP contribution in [0.5, 0.6) is 0 Å². The molecule has 0 aliphatic carbocycles. The summed E-state index contributed by atoms with van der Waals surface area (Å²) in [5, 5.41) is 21.6. The summed E-state index contributed by atoms with van der Waals surface area (Å²) in [6.45, 7) is 2.71. The van der Waals surface area contributed by atoms with E-state index in [-0.39, 0.29) is 6.61 Å². The van der Waals surface area contributed by atoms with Crippen molar-refractivity contribution in [2.45, 2.75) is 38.9 Å². The Morgan fingerprint density at radius 1 is 1.24 bits per heavy atom. The number of benzene rings is 1. The van der Waals surface area contributed by atoms with Gasteiger partial charge in [0.25, 0.3) is 0 Å². The Kier molecular flexibility index (Phi) is 9.03. The van der Waals surface area contributed by atoms with Gasteiger partial charge in [-0.25, -0.2) is 5.14 Å². The summed E-state index contributed by atoms with van der Waals surface area (Å²) in [5.74, 6) is -1.50. The maximum Gasteiger partial charge on any atom is 0.333 e. The minimum absolute atomic E-state index is 0.114. The molecule has 0 bridgehead atoms. The maximum absolute atomic E-state index is 10.5. The molecule has 0 saturated carbocycles. The molecule has 0 heterocycles. The van der Waals surface area contributed by atoms with E-state index in [4.69, 9.17) is 21.8 Å². The quantitative estimate of drug-likeness (QED) is 0.538. The highest BCUT2D eigenvalue weighted by molar-refractivity contribution is 7.84. The molecule has 0 aliphatic heterocycles. The lowest BCUT2D eigenvalue weighted by molar-refractivity contribution is -0.127. The van der Waals surface area contributed by atoms with E-state index in [9.17, 15) is 8.42 Å². The van der Waals surface area contributed by atoms with Crippen LogP contribution in [0.15, 0.2) is 24.3 Å². The molecule has 6 nitrogen and oxygen atoms in total. The van der Waals surface area contributed by atoms with Crippen LogP contribution in [0.3, 0.4) is 0 Å². The van der Waals surface area contributed by atoms with Crippen LogP contribution in [0.4, 0.5) is 0 Å². The first-order valence-electron chi connectivity index (χ1n) is 6.34. The smallest absolute Gasteiger partial charge is 0.333 e. The third-order valence-electron chi connectivity index (χ3n) is 2.05. The van der Waals surface area contributed by atoms with Crippen molar-refractivity contribution in [1.82, 2.24) is 0 Å². The number of rotatable bonds is 6. The molecule has 0 unspecified atom stereocenters. The van der Waals surface area contributed by atoms with Gasteiger partial charge in [-0.2, -0.15) is 8.42 Å². The minimum Gasteiger partial charge on any atom is -0.366 e. The second kappa shape index (κ2) is 9.34. The molecule has 21 heavy (non-hydrogen) atoms. The Balaban J connectivity index is 0.000000690. The van der Waals surface area contributed by atoms with Crippen LogP contribution in [0.2, 0.25) is 5.02 Å². The molecular formula is C13H22ClNO5S. The zero-order chi connectivity index (χ0) is 16.5. The molecule has 0 spiro atoms. The highest BCUT2D eigenvalue weighted by atomic mass is 35.5. The zero-order valence-electron chi connectivity index (χ0n) is 12.1. The fourth-order valence-electron chi connectivity index (χ4n) is 1.29. The summed E-state index contributed by atoms with van der Waals surface area (Å²) >= 11 is 5.96. The minimum atomic E-state index is -3.80. The van der Waals surface area contributed by atoms with Crippen LogP contribution in [0.25, 0.3) is 0 Å². The van der Waals surface area contributed by atoms with E-state index in [1.165, 1.54) is 13.8 Å². The van der Waals surface area contributed by atoms with Crippen molar-refractivity contribution in [1.29, 1.82) is 0 Å². The number of nitrogens with two attached hydrogens (primary N) is 1. The van der Waals surface area contributed by atoms with Crippen molar-refractivity contribution in [2.24, 2.45) is 5.14 Å². The monoisotopic (exact) mass is 339 g/mol. The van der Waals surface area contributed by atoms with E-state index < -0.39 is 16.1 Å². The van der Waals surface area contributed by atoms with E-state index in [2.05, 4.69) is 9.32 Å². The van der Waals surface area contributed by atoms with Crippen molar-refractivity contribution < 1.29 is 22.8 Å². The SMILES string of the molecule is CC(C)(O)O.NS(=O)(=O)OCCCCc1ccccc1Cl. The van der Waals surface area contributed by atoms with Crippen molar-refractivity contribution in [2.75, 3.05) is 6.61 Å². The van der Waals surface area contributed by atoms with Crippen LogP contribution < -0.4 is 5.14 Å². The average molecular weight is 340 g/mol. The fraction of sp³-hybridized carbons (Fsp3) is 0.538. The third-order valence-corrected chi connectivity index (χ3v) is 2.91. The van der Waals surface area contributed by atoms with Crippen molar-refractivity contribution in [3.05, 3.63) is 34.9 Å². The second-order valence-electron chi connectivity index (χ2n) is 4.86. The van der Waals surface area contributed by atoms with Gasteiger partial charge >= 0.3 is 10.3 Å². The lowest BCUT2D eigenvalue weighted by Crippen LogP contribution is -2.16. The van der Waals surface area contributed by atoms with Crippen LogP contribution in [0, 0.1) is 0 Å². The lowest BCUT2D eigenvalue weighted by atomic mass is 10.1. The predicted molar refractivity (Wildman–Crippen MR) is 82.0 cm³/mol. The molecule has 8 heteroatoms. The van der Waals surface area contributed by atoms with E-state index in [1.54, 1.807) is 0 Å². The van der Waals surface area contributed by atoms with Gasteiger partial charge < -0.3 is 10.2 Å². The molecule has 1 aromatic rings. The molecule has 122 valence electrons. The Labute approximate surface area is 130 Å². The molecule has 4 N–H and O–H groups in total. The van der Waals surface area contributed by atoms with Gasteiger partial charge in [-0.15, -0.1) is 0 Å². The molecule has 0 aliphatic rings.